The van der Waals surface area contributed by atoms with Crippen LogP contribution >= 0.6 is 0 Å². The molecular formula is C19H39N5O. The van der Waals surface area contributed by atoms with Crippen LogP contribution < -0.4 is 10.6 Å². The first-order valence-electron chi connectivity index (χ1n) is 10.2. The largest absolute Gasteiger partial charge is 0.373 e. The third-order valence-corrected chi connectivity index (χ3v) is 5.32. The number of hydrogen-bond acceptors (Lipinski definition) is 4. The van der Waals surface area contributed by atoms with Gasteiger partial charge in [-0.3, -0.25) is 4.99 Å². The summed E-state index contributed by atoms with van der Waals surface area (Å²) in [6.07, 6.45) is 2.26. The summed E-state index contributed by atoms with van der Waals surface area (Å²) in [5.74, 6) is 1.53. The van der Waals surface area contributed by atoms with E-state index in [1.165, 1.54) is 32.7 Å². The van der Waals surface area contributed by atoms with Gasteiger partial charge in [-0.1, -0.05) is 13.8 Å². The molecule has 0 saturated carbocycles. The minimum Gasteiger partial charge on any atom is -0.373 e. The zero-order valence-electron chi connectivity index (χ0n) is 16.8. The Hall–Kier alpha value is -0.850. The molecule has 2 N–H and O–H groups in total. The first-order valence-corrected chi connectivity index (χ1v) is 10.2. The van der Waals surface area contributed by atoms with Gasteiger partial charge in [0.1, 0.15) is 0 Å². The van der Waals surface area contributed by atoms with Crippen molar-refractivity contribution in [3.63, 3.8) is 0 Å². The van der Waals surface area contributed by atoms with Crippen molar-refractivity contribution in [3.05, 3.63) is 0 Å². The maximum absolute atomic E-state index is 5.84. The number of piperazine rings is 1. The Bertz CT molecular complexity index is 401. The normalized spacial score (nSPS) is 27.4. The lowest BCUT2D eigenvalue weighted by Crippen LogP contribution is -2.48. The van der Waals surface area contributed by atoms with E-state index in [2.05, 4.69) is 48.1 Å². The van der Waals surface area contributed by atoms with Gasteiger partial charge in [-0.05, 0) is 39.2 Å². The van der Waals surface area contributed by atoms with Crippen LogP contribution in [0.5, 0.6) is 0 Å². The lowest BCUT2D eigenvalue weighted by Gasteiger charge is -2.35. The fourth-order valence-electron chi connectivity index (χ4n) is 3.61. The van der Waals surface area contributed by atoms with E-state index < -0.39 is 0 Å². The molecule has 0 aromatic carbocycles. The number of aliphatic imine (C=N–C) groups is 1. The zero-order valence-corrected chi connectivity index (χ0v) is 16.8. The van der Waals surface area contributed by atoms with E-state index >= 15 is 0 Å². The molecule has 0 aromatic rings. The van der Waals surface area contributed by atoms with Crippen LogP contribution in [0.15, 0.2) is 4.99 Å². The van der Waals surface area contributed by atoms with Gasteiger partial charge in [-0.25, -0.2) is 0 Å². The lowest BCUT2D eigenvalue weighted by molar-refractivity contribution is 0.0283. The molecule has 0 aliphatic carbocycles. The van der Waals surface area contributed by atoms with E-state index in [4.69, 9.17) is 9.73 Å². The average molecular weight is 354 g/mol. The Labute approximate surface area is 154 Å². The van der Waals surface area contributed by atoms with Crippen LogP contribution in [0.1, 0.15) is 40.5 Å². The second kappa shape index (κ2) is 10.3. The van der Waals surface area contributed by atoms with Gasteiger partial charge in [0.15, 0.2) is 5.96 Å². The molecule has 25 heavy (non-hydrogen) atoms. The minimum atomic E-state index is -0.0765. The SMILES string of the molecule is CCNC(=NCC1(C)CCCO1)NCC(C)CN1CCN(CC)CC1. The van der Waals surface area contributed by atoms with Gasteiger partial charge in [0.05, 0.1) is 12.1 Å². The average Bonchev–Trinajstić information content (AvgIpc) is 3.05. The van der Waals surface area contributed by atoms with Crippen LogP contribution in [-0.4, -0.2) is 86.9 Å². The number of ether oxygens (including phenoxy) is 1. The first-order chi connectivity index (χ1) is 12.0. The molecule has 6 heteroatoms. The summed E-state index contributed by atoms with van der Waals surface area (Å²) >= 11 is 0. The molecule has 2 atom stereocenters. The Morgan fingerprint density at radius 3 is 2.48 bits per heavy atom. The Morgan fingerprint density at radius 1 is 1.16 bits per heavy atom. The number of hydrogen-bond donors (Lipinski definition) is 2. The Balaban J connectivity index is 1.72. The zero-order chi connectivity index (χ0) is 18.1. The molecule has 2 unspecified atom stereocenters. The van der Waals surface area contributed by atoms with E-state index in [0.717, 1.165) is 51.6 Å². The molecule has 0 spiro atoms. The highest BCUT2D eigenvalue weighted by Gasteiger charge is 2.29. The van der Waals surface area contributed by atoms with Crippen LogP contribution in [0.4, 0.5) is 0 Å². The quantitative estimate of drug-likeness (QED) is 0.510. The van der Waals surface area contributed by atoms with Gasteiger partial charge in [0.2, 0.25) is 0 Å². The van der Waals surface area contributed by atoms with Gasteiger partial charge < -0.3 is 25.2 Å². The number of likely N-dealkylation sites (N-methyl/N-ethyl adjacent to an activating group) is 1. The highest BCUT2D eigenvalue weighted by Crippen LogP contribution is 2.24. The fraction of sp³-hybridized carbons (Fsp3) is 0.947. The maximum atomic E-state index is 5.84. The van der Waals surface area contributed by atoms with Crippen LogP contribution in [0.2, 0.25) is 0 Å². The number of rotatable bonds is 8. The Morgan fingerprint density at radius 2 is 1.88 bits per heavy atom. The minimum absolute atomic E-state index is 0.0765. The summed E-state index contributed by atoms with van der Waals surface area (Å²) in [6, 6.07) is 0. The molecule has 2 aliphatic rings. The highest BCUT2D eigenvalue weighted by atomic mass is 16.5. The first kappa shape index (κ1) is 20.5. The van der Waals surface area contributed by atoms with Crippen molar-refractivity contribution in [3.8, 4) is 0 Å². The molecule has 2 heterocycles. The second-order valence-corrected chi connectivity index (χ2v) is 7.82. The summed E-state index contributed by atoms with van der Waals surface area (Å²) in [5, 5.41) is 6.88. The van der Waals surface area contributed by atoms with Crippen molar-refractivity contribution in [2.75, 3.05) is 65.5 Å². The fourth-order valence-corrected chi connectivity index (χ4v) is 3.61. The highest BCUT2D eigenvalue weighted by molar-refractivity contribution is 5.79. The summed E-state index contributed by atoms with van der Waals surface area (Å²) in [5.41, 5.74) is -0.0765. The van der Waals surface area contributed by atoms with Crippen LogP contribution in [0.3, 0.4) is 0 Å². The van der Waals surface area contributed by atoms with Crippen LogP contribution in [-0.2, 0) is 4.74 Å². The van der Waals surface area contributed by atoms with Crippen LogP contribution in [0, 0.1) is 5.92 Å². The van der Waals surface area contributed by atoms with Crippen molar-refractivity contribution < 1.29 is 4.74 Å². The third-order valence-electron chi connectivity index (χ3n) is 5.32. The van der Waals surface area contributed by atoms with E-state index in [9.17, 15) is 0 Å². The van der Waals surface area contributed by atoms with Gasteiger partial charge in [-0.15, -0.1) is 0 Å². The van der Waals surface area contributed by atoms with E-state index in [1.54, 1.807) is 0 Å². The van der Waals surface area contributed by atoms with Gasteiger partial charge in [0, 0.05) is 52.4 Å². The molecule has 0 aromatic heterocycles. The van der Waals surface area contributed by atoms with Gasteiger partial charge >= 0.3 is 0 Å². The van der Waals surface area contributed by atoms with Crippen LogP contribution in [0.25, 0.3) is 0 Å². The standard InChI is InChI=1S/C19H39N5O/c1-5-20-18(22-16-19(4)8-7-13-25-19)21-14-17(3)15-24-11-9-23(6-2)10-12-24/h17H,5-16H2,1-4H3,(H2,20,21,22). The summed E-state index contributed by atoms with van der Waals surface area (Å²) in [6.45, 7) is 19.4. The van der Waals surface area contributed by atoms with Gasteiger partial charge in [-0.2, -0.15) is 0 Å². The molecule has 0 amide bonds. The predicted molar refractivity (Wildman–Crippen MR) is 105 cm³/mol. The maximum Gasteiger partial charge on any atom is 0.191 e. The molecule has 2 rings (SSSR count). The molecule has 0 radical (unpaired) electrons. The number of guanidine groups is 1. The van der Waals surface area contributed by atoms with Crippen molar-refractivity contribution in [2.45, 2.75) is 46.1 Å². The lowest BCUT2D eigenvalue weighted by atomic mass is 10.0. The van der Waals surface area contributed by atoms with Crippen molar-refractivity contribution in [1.82, 2.24) is 20.4 Å². The summed E-state index contributed by atoms with van der Waals surface area (Å²) in [4.78, 5) is 9.88. The Kier molecular flexibility index (Phi) is 8.46. The summed E-state index contributed by atoms with van der Waals surface area (Å²) in [7, 11) is 0. The van der Waals surface area contributed by atoms with E-state index in [0.29, 0.717) is 5.92 Å². The van der Waals surface area contributed by atoms with Crippen molar-refractivity contribution in [2.24, 2.45) is 10.9 Å². The third kappa shape index (κ3) is 7.12. The van der Waals surface area contributed by atoms with Gasteiger partial charge in [0.25, 0.3) is 0 Å². The monoisotopic (exact) mass is 353 g/mol. The number of nitrogens with zero attached hydrogens (tertiary/aromatic N) is 3. The van der Waals surface area contributed by atoms with Crippen molar-refractivity contribution in [1.29, 1.82) is 0 Å². The predicted octanol–water partition coefficient (Wildman–Crippen LogP) is 1.38. The second-order valence-electron chi connectivity index (χ2n) is 7.82. The molecule has 2 fully saturated rings. The molecule has 0 bridgehead atoms. The van der Waals surface area contributed by atoms with Crippen molar-refractivity contribution >= 4 is 5.96 Å². The molecular weight excluding hydrogens is 314 g/mol. The molecule has 6 nitrogen and oxygen atoms in total. The molecule has 146 valence electrons. The smallest absolute Gasteiger partial charge is 0.191 e. The van der Waals surface area contributed by atoms with E-state index in [1.807, 2.05) is 0 Å². The number of nitrogens with one attached hydrogen (secondary N) is 2. The molecule has 2 saturated heterocycles. The molecule has 2 aliphatic heterocycles. The van der Waals surface area contributed by atoms with E-state index in [-0.39, 0.29) is 5.60 Å². The topological polar surface area (TPSA) is 52.1 Å². The summed E-state index contributed by atoms with van der Waals surface area (Å²) < 4.78 is 5.84.